The van der Waals surface area contributed by atoms with Gasteiger partial charge >= 0.3 is 0 Å². The molecule has 118 valence electrons. The monoisotopic (exact) mass is 304 g/mol. The lowest BCUT2D eigenvalue weighted by Gasteiger charge is -2.22. The SMILES string of the molecule is COc1cc2c(c(OC)c1OC)C(C#N)N(CC(C)C)C2=O. The van der Waals surface area contributed by atoms with Gasteiger partial charge in [-0.2, -0.15) is 5.26 Å². The molecule has 2 rings (SSSR count). The van der Waals surface area contributed by atoms with Crippen LogP contribution in [-0.4, -0.2) is 38.7 Å². The minimum absolute atomic E-state index is 0.186. The first-order chi connectivity index (χ1) is 10.5. The lowest BCUT2D eigenvalue weighted by molar-refractivity contribution is 0.0736. The smallest absolute Gasteiger partial charge is 0.255 e. The highest BCUT2D eigenvalue weighted by Gasteiger charge is 2.41. The van der Waals surface area contributed by atoms with Crippen molar-refractivity contribution in [2.75, 3.05) is 27.9 Å². The molecule has 1 heterocycles. The van der Waals surface area contributed by atoms with E-state index in [2.05, 4.69) is 6.07 Å². The first-order valence-electron chi connectivity index (χ1n) is 7.03. The number of hydrogen-bond donors (Lipinski definition) is 0. The molecule has 0 N–H and O–H groups in total. The summed E-state index contributed by atoms with van der Waals surface area (Å²) in [7, 11) is 4.48. The largest absolute Gasteiger partial charge is 0.493 e. The molecule has 1 unspecified atom stereocenters. The highest BCUT2D eigenvalue weighted by atomic mass is 16.5. The molecule has 0 aliphatic carbocycles. The van der Waals surface area contributed by atoms with Crippen LogP contribution in [0.4, 0.5) is 0 Å². The van der Waals surface area contributed by atoms with Gasteiger partial charge in [-0.1, -0.05) is 13.8 Å². The van der Waals surface area contributed by atoms with Gasteiger partial charge in [-0.05, 0) is 12.0 Å². The number of fused-ring (bicyclic) bond motifs is 1. The maximum atomic E-state index is 12.7. The van der Waals surface area contributed by atoms with E-state index in [9.17, 15) is 10.1 Å². The Morgan fingerprint density at radius 2 is 1.86 bits per heavy atom. The number of methoxy groups -OCH3 is 3. The van der Waals surface area contributed by atoms with Crippen molar-refractivity contribution in [3.8, 4) is 23.3 Å². The quantitative estimate of drug-likeness (QED) is 0.835. The fourth-order valence-corrected chi connectivity index (χ4v) is 2.77. The van der Waals surface area contributed by atoms with Crippen LogP contribution in [0, 0.1) is 17.2 Å². The van der Waals surface area contributed by atoms with Crippen LogP contribution in [0.3, 0.4) is 0 Å². The Hall–Kier alpha value is -2.42. The maximum absolute atomic E-state index is 12.7. The fourth-order valence-electron chi connectivity index (χ4n) is 2.77. The van der Waals surface area contributed by atoms with Crippen LogP contribution < -0.4 is 14.2 Å². The second kappa shape index (κ2) is 6.14. The molecule has 1 aliphatic rings. The van der Waals surface area contributed by atoms with Gasteiger partial charge in [-0.3, -0.25) is 4.79 Å². The van der Waals surface area contributed by atoms with Crippen molar-refractivity contribution in [1.29, 1.82) is 5.26 Å². The molecule has 0 spiro atoms. The summed E-state index contributed by atoms with van der Waals surface area (Å²) in [4.78, 5) is 14.2. The first kappa shape index (κ1) is 16.0. The van der Waals surface area contributed by atoms with E-state index in [1.807, 2.05) is 13.8 Å². The van der Waals surface area contributed by atoms with Gasteiger partial charge in [-0.15, -0.1) is 0 Å². The molecule has 0 aromatic heterocycles. The highest BCUT2D eigenvalue weighted by Crippen LogP contribution is 2.49. The van der Waals surface area contributed by atoms with Crippen LogP contribution in [-0.2, 0) is 0 Å². The van der Waals surface area contributed by atoms with Gasteiger partial charge in [0.25, 0.3) is 5.91 Å². The molecule has 1 aliphatic heterocycles. The van der Waals surface area contributed by atoms with Crippen LogP contribution in [0.1, 0.15) is 35.8 Å². The summed E-state index contributed by atoms with van der Waals surface area (Å²) < 4.78 is 16.0. The Balaban J connectivity index is 2.68. The Labute approximate surface area is 130 Å². The summed E-state index contributed by atoms with van der Waals surface area (Å²) >= 11 is 0. The van der Waals surface area contributed by atoms with Crippen molar-refractivity contribution in [1.82, 2.24) is 4.90 Å². The van der Waals surface area contributed by atoms with Gasteiger partial charge in [0.2, 0.25) is 5.75 Å². The van der Waals surface area contributed by atoms with Crippen LogP contribution >= 0.6 is 0 Å². The minimum Gasteiger partial charge on any atom is -0.493 e. The number of ether oxygens (including phenoxy) is 3. The van der Waals surface area contributed by atoms with Crippen molar-refractivity contribution in [3.63, 3.8) is 0 Å². The van der Waals surface area contributed by atoms with Gasteiger partial charge in [0.15, 0.2) is 11.5 Å². The van der Waals surface area contributed by atoms with Gasteiger partial charge in [0.05, 0.1) is 33.0 Å². The molecule has 6 nitrogen and oxygen atoms in total. The van der Waals surface area contributed by atoms with E-state index in [4.69, 9.17) is 14.2 Å². The highest BCUT2D eigenvalue weighted by molar-refractivity contribution is 6.01. The van der Waals surface area contributed by atoms with Gasteiger partial charge in [0, 0.05) is 12.1 Å². The van der Waals surface area contributed by atoms with Gasteiger partial charge in [0.1, 0.15) is 6.04 Å². The number of hydrogen-bond acceptors (Lipinski definition) is 5. The van der Waals surface area contributed by atoms with E-state index in [-0.39, 0.29) is 11.8 Å². The summed E-state index contributed by atoms with van der Waals surface area (Å²) in [5.41, 5.74) is 0.981. The summed E-state index contributed by atoms with van der Waals surface area (Å²) in [5, 5.41) is 9.55. The van der Waals surface area contributed by atoms with E-state index in [1.165, 1.54) is 21.3 Å². The van der Waals surface area contributed by atoms with E-state index >= 15 is 0 Å². The number of amides is 1. The number of nitrogens with zero attached hydrogens (tertiary/aromatic N) is 2. The van der Waals surface area contributed by atoms with E-state index < -0.39 is 6.04 Å². The normalized spacial score (nSPS) is 16.5. The minimum atomic E-state index is -0.681. The predicted octanol–water partition coefficient (Wildman–Crippen LogP) is 2.39. The number of benzene rings is 1. The van der Waals surface area contributed by atoms with Crippen molar-refractivity contribution >= 4 is 5.91 Å². The Kier molecular flexibility index (Phi) is 4.45. The zero-order valence-corrected chi connectivity index (χ0v) is 13.5. The van der Waals surface area contributed by atoms with Gasteiger partial charge < -0.3 is 19.1 Å². The van der Waals surface area contributed by atoms with Crippen LogP contribution in [0.25, 0.3) is 0 Å². The molecule has 1 aromatic rings. The molecule has 0 radical (unpaired) electrons. The predicted molar refractivity (Wildman–Crippen MR) is 80.3 cm³/mol. The maximum Gasteiger partial charge on any atom is 0.255 e. The third-order valence-corrected chi connectivity index (χ3v) is 3.63. The average molecular weight is 304 g/mol. The molecular weight excluding hydrogens is 284 g/mol. The Bertz CT molecular complexity index is 634. The Morgan fingerprint density at radius 1 is 1.23 bits per heavy atom. The van der Waals surface area contributed by atoms with E-state index in [0.29, 0.717) is 34.9 Å². The molecule has 22 heavy (non-hydrogen) atoms. The van der Waals surface area contributed by atoms with Crippen molar-refractivity contribution in [3.05, 3.63) is 17.2 Å². The van der Waals surface area contributed by atoms with E-state index in [1.54, 1.807) is 11.0 Å². The molecule has 0 saturated heterocycles. The molecule has 0 bridgehead atoms. The third-order valence-electron chi connectivity index (χ3n) is 3.63. The Morgan fingerprint density at radius 3 is 2.32 bits per heavy atom. The van der Waals surface area contributed by atoms with Crippen LogP contribution in [0.2, 0.25) is 0 Å². The second-order valence-corrected chi connectivity index (χ2v) is 5.49. The standard InChI is InChI=1S/C16H20N2O4/c1-9(2)8-18-11(7-17)13-10(16(18)19)6-12(20-3)14(21-4)15(13)22-5/h6,9,11H,8H2,1-5H3. The number of rotatable bonds is 5. The van der Waals surface area contributed by atoms with Crippen molar-refractivity contribution in [2.24, 2.45) is 5.92 Å². The number of nitriles is 1. The summed E-state index contributed by atoms with van der Waals surface area (Å²) in [6.07, 6.45) is 0. The van der Waals surface area contributed by atoms with E-state index in [0.717, 1.165) is 0 Å². The molecule has 1 amide bonds. The van der Waals surface area contributed by atoms with Crippen molar-refractivity contribution < 1.29 is 19.0 Å². The molecule has 6 heteroatoms. The molecule has 0 saturated carbocycles. The number of carbonyl (C=O) groups is 1. The molecule has 0 fully saturated rings. The molecular formula is C16H20N2O4. The number of carbonyl (C=O) groups excluding carboxylic acids is 1. The lowest BCUT2D eigenvalue weighted by atomic mass is 10.0. The van der Waals surface area contributed by atoms with Crippen LogP contribution in [0.5, 0.6) is 17.2 Å². The topological polar surface area (TPSA) is 71.8 Å². The third kappa shape index (κ3) is 2.33. The fraction of sp³-hybridized carbons (Fsp3) is 0.500. The first-order valence-corrected chi connectivity index (χ1v) is 7.03. The summed E-state index contributed by atoms with van der Waals surface area (Å²) in [6, 6.07) is 3.13. The van der Waals surface area contributed by atoms with Gasteiger partial charge in [-0.25, -0.2) is 0 Å². The van der Waals surface area contributed by atoms with Crippen molar-refractivity contribution in [2.45, 2.75) is 19.9 Å². The zero-order chi connectivity index (χ0) is 16.4. The molecule has 1 aromatic carbocycles. The van der Waals surface area contributed by atoms with Crippen LogP contribution in [0.15, 0.2) is 6.07 Å². The lowest BCUT2D eigenvalue weighted by Crippen LogP contribution is -2.31. The summed E-state index contributed by atoms with van der Waals surface area (Å²) in [6.45, 7) is 4.51. The zero-order valence-electron chi connectivity index (χ0n) is 13.5. The molecule has 1 atom stereocenters. The second-order valence-electron chi connectivity index (χ2n) is 5.49. The average Bonchev–Trinajstić information content (AvgIpc) is 2.76. The summed E-state index contributed by atoms with van der Waals surface area (Å²) in [5.74, 6) is 1.25.